The van der Waals surface area contributed by atoms with Gasteiger partial charge < -0.3 is 4.42 Å². The third-order valence-electron chi connectivity index (χ3n) is 1.92. The first kappa shape index (κ1) is 10.1. The van der Waals surface area contributed by atoms with Gasteiger partial charge in [0.05, 0.1) is 6.20 Å². The second-order valence-corrected chi connectivity index (χ2v) is 3.22. The van der Waals surface area contributed by atoms with Gasteiger partial charge in [-0.05, 0) is 11.6 Å². The summed E-state index contributed by atoms with van der Waals surface area (Å²) >= 11 is 5.49. The number of nitrogens with zero attached hydrogens (tertiary/aromatic N) is 1. The van der Waals surface area contributed by atoms with Gasteiger partial charge in [-0.3, -0.25) is 0 Å². The first-order valence-corrected chi connectivity index (χ1v) is 4.54. The standard InChI is InChI=1S/C10H6ClF2NO/c11-10-14-5-8(15-10)6-1-3-7(4-2-6)9(12)13/h1-5,9H. The maximum atomic E-state index is 12.2. The fourth-order valence-corrected chi connectivity index (χ4v) is 1.31. The smallest absolute Gasteiger partial charge is 0.292 e. The van der Waals surface area contributed by atoms with Gasteiger partial charge in [-0.25, -0.2) is 13.8 Å². The van der Waals surface area contributed by atoms with Crippen LogP contribution in [0.15, 0.2) is 34.9 Å². The molecule has 0 aliphatic heterocycles. The molecule has 0 radical (unpaired) electrons. The van der Waals surface area contributed by atoms with Crippen LogP contribution in [-0.4, -0.2) is 4.98 Å². The van der Waals surface area contributed by atoms with Gasteiger partial charge in [-0.1, -0.05) is 24.3 Å². The lowest BCUT2D eigenvalue weighted by molar-refractivity contribution is 0.151. The SMILES string of the molecule is FC(F)c1ccc(-c2cnc(Cl)o2)cc1. The number of aromatic nitrogens is 1. The van der Waals surface area contributed by atoms with E-state index >= 15 is 0 Å². The molecule has 0 atom stereocenters. The molecular weight excluding hydrogens is 224 g/mol. The summed E-state index contributed by atoms with van der Waals surface area (Å²) in [4.78, 5) is 3.70. The molecule has 0 aliphatic carbocycles. The molecule has 0 unspecified atom stereocenters. The van der Waals surface area contributed by atoms with Crippen molar-refractivity contribution in [2.45, 2.75) is 6.43 Å². The monoisotopic (exact) mass is 229 g/mol. The number of alkyl halides is 2. The first-order valence-electron chi connectivity index (χ1n) is 4.16. The van der Waals surface area contributed by atoms with E-state index in [1.54, 1.807) is 12.1 Å². The van der Waals surface area contributed by atoms with E-state index in [-0.39, 0.29) is 10.9 Å². The van der Waals surface area contributed by atoms with Crippen LogP contribution < -0.4 is 0 Å². The Balaban J connectivity index is 2.31. The lowest BCUT2D eigenvalue weighted by atomic mass is 10.1. The van der Waals surface area contributed by atoms with Crippen LogP contribution in [0.2, 0.25) is 5.35 Å². The van der Waals surface area contributed by atoms with Crippen LogP contribution in [0.5, 0.6) is 0 Å². The molecule has 0 spiro atoms. The molecule has 0 bridgehead atoms. The maximum Gasteiger partial charge on any atom is 0.292 e. The number of rotatable bonds is 2. The van der Waals surface area contributed by atoms with Crippen molar-refractivity contribution in [3.63, 3.8) is 0 Å². The predicted molar refractivity (Wildman–Crippen MR) is 51.9 cm³/mol. The van der Waals surface area contributed by atoms with E-state index in [0.29, 0.717) is 11.3 Å². The maximum absolute atomic E-state index is 12.2. The highest BCUT2D eigenvalue weighted by Gasteiger charge is 2.08. The van der Waals surface area contributed by atoms with Crippen molar-refractivity contribution in [3.05, 3.63) is 41.4 Å². The summed E-state index contributed by atoms with van der Waals surface area (Å²) in [5.41, 5.74) is 0.642. The molecule has 0 fully saturated rings. The van der Waals surface area contributed by atoms with Crippen LogP contribution in [0, 0.1) is 0 Å². The lowest BCUT2D eigenvalue weighted by Crippen LogP contribution is -1.83. The molecule has 1 aromatic carbocycles. The van der Waals surface area contributed by atoms with E-state index in [9.17, 15) is 8.78 Å². The van der Waals surface area contributed by atoms with Gasteiger partial charge in [0.1, 0.15) is 0 Å². The van der Waals surface area contributed by atoms with Gasteiger partial charge in [0.2, 0.25) is 0 Å². The number of hydrogen-bond acceptors (Lipinski definition) is 2. The van der Waals surface area contributed by atoms with Crippen LogP contribution in [-0.2, 0) is 0 Å². The van der Waals surface area contributed by atoms with Crippen LogP contribution >= 0.6 is 11.6 Å². The Morgan fingerprint density at radius 1 is 1.20 bits per heavy atom. The average molecular weight is 230 g/mol. The molecule has 5 heteroatoms. The predicted octanol–water partition coefficient (Wildman–Crippen LogP) is 3.93. The number of halogens is 3. The minimum Gasteiger partial charge on any atom is -0.428 e. The van der Waals surface area contributed by atoms with Gasteiger partial charge in [-0.2, -0.15) is 0 Å². The molecular formula is C10H6ClF2NO. The molecule has 15 heavy (non-hydrogen) atoms. The lowest BCUT2D eigenvalue weighted by Gasteiger charge is -2.00. The van der Waals surface area contributed by atoms with E-state index in [4.69, 9.17) is 16.0 Å². The summed E-state index contributed by atoms with van der Waals surface area (Å²) in [5.74, 6) is 0.459. The van der Waals surface area contributed by atoms with Crippen molar-refractivity contribution in [1.82, 2.24) is 4.98 Å². The fraction of sp³-hybridized carbons (Fsp3) is 0.100. The molecule has 2 aromatic rings. The molecule has 1 heterocycles. The van der Waals surface area contributed by atoms with E-state index < -0.39 is 6.43 Å². The van der Waals surface area contributed by atoms with E-state index in [1.807, 2.05) is 0 Å². The van der Waals surface area contributed by atoms with Crippen LogP contribution in [0.25, 0.3) is 11.3 Å². The summed E-state index contributed by atoms with van der Waals surface area (Å²) in [6, 6.07) is 5.77. The second kappa shape index (κ2) is 3.98. The Labute approximate surface area is 89.5 Å². The molecule has 0 amide bonds. The summed E-state index contributed by atoms with van der Waals surface area (Å²) in [5, 5.41) is 0.0305. The minimum atomic E-state index is -2.46. The zero-order chi connectivity index (χ0) is 10.8. The first-order chi connectivity index (χ1) is 7.16. The van der Waals surface area contributed by atoms with Crippen molar-refractivity contribution in [3.8, 4) is 11.3 Å². The molecule has 1 aromatic heterocycles. The third-order valence-corrected chi connectivity index (χ3v) is 2.10. The fourth-order valence-electron chi connectivity index (χ4n) is 1.18. The molecule has 0 saturated carbocycles. The summed E-state index contributed by atoms with van der Waals surface area (Å²) in [7, 11) is 0. The number of benzene rings is 1. The van der Waals surface area contributed by atoms with Crippen molar-refractivity contribution < 1.29 is 13.2 Å². The van der Waals surface area contributed by atoms with Crippen molar-refractivity contribution in [1.29, 1.82) is 0 Å². The highest BCUT2D eigenvalue weighted by Crippen LogP contribution is 2.25. The molecule has 0 saturated heterocycles. The Kier molecular flexibility index (Phi) is 2.68. The Morgan fingerprint density at radius 2 is 1.87 bits per heavy atom. The Morgan fingerprint density at radius 3 is 2.33 bits per heavy atom. The summed E-state index contributed by atoms with van der Waals surface area (Å²) in [6.45, 7) is 0. The zero-order valence-electron chi connectivity index (χ0n) is 7.45. The Hall–Kier alpha value is -1.42. The van der Waals surface area contributed by atoms with Gasteiger partial charge in [0.15, 0.2) is 5.76 Å². The number of oxazole rings is 1. The molecule has 78 valence electrons. The van der Waals surface area contributed by atoms with Crippen molar-refractivity contribution in [2.24, 2.45) is 0 Å². The van der Waals surface area contributed by atoms with E-state index in [0.717, 1.165) is 0 Å². The number of hydrogen-bond donors (Lipinski definition) is 0. The van der Waals surface area contributed by atoms with Crippen LogP contribution in [0.4, 0.5) is 8.78 Å². The van der Waals surface area contributed by atoms with Gasteiger partial charge in [-0.15, -0.1) is 0 Å². The summed E-state index contributed by atoms with van der Waals surface area (Å²) in [6.07, 6.45) is -1.02. The van der Waals surface area contributed by atoms with Crippen LogP contribution in [0.1, 0.15) is 12.0 Å². The normalized spacial score (nSPS) is 10.9. The van der Waals surface area contributed by atoms with Gasteiger partial charge in [0, 0.05) is 11.1 Å². The quantitative estimate of drug-likeness (QED) is 0.780. The minimum absolute atomic E-state index is 0.0237. The average Bonchev–Trinajstić information content (AvgIpc) is 2.65. The summed E-state index contributed by atoms with van der Waals surface area (Å²) < 4.78 is 29.5. The highest BCUT2D eigenvalue weighted by molar-refractivity contribution is 6.27. The third kappa shape index (κ3) is 2.15. The molecule has 0 N–H and O–H groups in total. The van der Waals surface area contributed by atoms with Crippen molar-refractivity contribution in [2.75, 3.05) is 0 Å². The van der Waals surface area contributed by atoms with E-state index in [2.05, 4.69) is 4.98 Å². The second-order valence-electron chi connectivity index (χ2n) is 2.90. The molecule has 2 rings (SSSR count). The molecule has 2 nitrogen and oxygen atoms in total. The van der Waals surface area contributed by atoms with Crippen LogP contribution in [0.3, 0.4) is 0 Å². The van der Waals surface area contributed by atoms with Gasteiger partial charge >= 0.3 is 0 Å². The Bertz CT molecular complexity index is 453. The largest absolute Gasteiger partial charge is 0.428 e. The van der Waals surface area contributed by atoms with Gasteiger partial charge in [0.25, 0.3) is 11.8 Å². The van der Waals surface area contributed by atoms with Crippen molar-refractivity contribution >= 4 is 11.6 Å². The highest BCUT2D eigenvalue weighted by atomic mass is 35.5. The zero-order valence-corrected chi connectivity index (χ0v) is 8.21. The molecule has 0 aliphatic rings. The topological polar surface area (TPSA) is 26.0 Å². The van der Waals surface area contributed by atoms with E-state index in [1.165, 1.54) is 18.3 Å².